The van der Waals surface area contributed by atoms with Gasteiger partial charge in [-0.15, -0.1) is 0 Å². The number of aromatic amines is 1. The zero-order valence-electron chi connectivity index (χ0n) is 29.0. The first-order valence-electron chi connectivity index (χ1n) is 16.7. The smallest absolute Gasteiger partial charge is 0.488 e. The van der Waals surface area contributed by atoms with Crippen LogP contribution in [0, 0.1) is 5.92 Å². The molecule has 4 atom stereocenters. The van der Waals surface area contributed by atoms with Gasteiger partial charge < -0.3 is 43.8 Å². The number of hydrogen-bond donors (Lipinski definition) is 3. The van der Waals surface area contributed by atoms with Crippen molar-refractivity contribution in [2.75, 3.05) is 27.4 Å². The summed E-state index contributed by atoms with van der Waals surface area (Å²) in [5.41, 5.74) is 4.90. The van der Waals surface area contributed by atoms with Crippen LogP contribution in [-0.4, -0.2) is 89.8 Å². The van der Waals surface area contributed by atoms with Gasteiger partial charge in [0.05, 0.1) is 41.0 Å². The number of ether oxygens (including phenoxy) is 3. The molecular weight excluding hydrogens is 627 g/mol. The molecule has 0 radical (unpaired) electrons. The first-order chi connectivity index (χ1) is 23.3. The summed E-state index contributed by atoms with van der Waals surface area (Å²) in [6.07, 6.45) is -1.35. The van der Waals surface area contributed by atoms with E-state index in [2.05, 4.69) is 68.3 Å². The predicted octanol–water partition coefficient (Wildman–Crippen LogP) is 4.78. The Hall–Kier alpha value is -4.17. The van der Waals surface area contributed by atoms with Gasteiger partial charge in [0.1, 0.15) is 24.2 Å². The predicted molar refractivity (Wildman–Crippen MR) is 185 cm³/mol. The molecular formula is C36H43BN4O8. The van der Waals surface area contributed by atoms with E-state index in [1.54, 1.807) is 18.9 Å². The highest BCUT2D eigenvalue weighted by Gasteiger charge is 2.52. The van der Waals surface area contributed by atoms with Crippen LogP contribution in [0.3, 0.4) is 0 Å². The third-order valence-corrected chi connectivity index (χ3v) is 10.7. The van der Waals surface area contributed by atoms with Crippen LogP contribution in [-0.2, 0) is 30.2 Å². The zero-order chi connectivity index (χ0) is 34.8. The van der Waals surface area contributed by atoms with Crippen LogP contribution < -0.4 is 15.5 Å². The van der Waals surface area contributed by atoms with Crippen LogP contribution in [0.5, 0.6) is 5.75 Å². The highest BCUT2D eigenvalue weighted by atomic mass is 16.7. The van der Waals surface area contributed by atoms with Gasteiger partial charge in [-0.25, -0.2) is 9.78 Å². The number of rotatable bonds is 8. The number of hydrogen-bond acceptors (Lipinski definition) is 8. The summed E-state index contributed by atoms with van der Waals surface area (Å²) in [7, 11) is 2.64. The fourth-order valence-corrected chi connectivity index (χ4v) is 7.23. The van der Waals surface area contributed by atoms with Gasteiger partial charge in [-0.05, 0) is 81.2 Å². The van der Waals surface area contributed by atoms with Crippen molar-refractivity contribution < 1.29 is 38.2 Å². The second-order valence-electron chi connectivity index (χ2n) is 14.4. The SMILES string of the molecule is COCC1CC(c2nc3ccc4cc5c(cc4c3[nH]2)OCc2cc(B3OC(C)(C)C(C)(C)O3)ccc2-5)N(C(=O)C(NC(=O)O)C(C)OC)C1. The lowest BCUT2D eigenvalue weighted by Gasteiger charge is -2.32. The number of methoxy groups -OCH3 is 2. The van der Waals surface area contributed by atoms with E-state index >= 15 is 0 Å². The Morgan fingerprint density at radius 3 is 2.55 bits per heavy atom. The maximum absolute atomic E-state index is 13.9. The van der Waals surface area contributed by atoms with Gasteiger partial charge in [0, 0.05) is 37.6 Å². The number of imidazole rings is 1. The third kappa shape index (κ3) is 5.82. The van der Waals surface area contributed by atoms with Crippen molar-refractivity contribution in [3.05, 3.63) is 53.9 Å². The Morgan fingerprint density at radius 2 is 1.86 bits per heavy atom. The highest BCUT2D eigenvalue weighted by molar-refractivity contribution is 6.62. The van der Waals surface area contributed by atoms with Crippen molar-refractivity contribution in [1.29, 1.82) is 0 Å². The van der Waals surface area contributed by atoms with Crippen LogP contribution in [0.15, 0.2) is 42.5 Å². The molecule has 4 heterocycles. The average molecular weight is 671 g/mol. The molecule has 3 aromatic carbocycles. The van der Waals surface area contributed by atoms with Crippen molar-refractivity contribution in [2.45, 2.75) is 77.0 Å². The van der Waals surface area contributed by atoms with Crippen LogP contribution in [0.25, 0.3) is 32.9 Å². The monoisotopic (exact) mass is 670 g/mol. The molecule has 7 rings (SSSR count). The Bertz CT molecular complexity index is 1930. The van der Waals surface area contributed by atoms with Crippen molar-refractivity contribution in [1.82, 2.24) is 20.2 Å². The summed E-state index contributed by atoms with van der Waals surface area (Å²) in [6, 6.07) is 13.1. The normalized spacial score (nSPS) is 22.1. The second-order valence-corrected chi connectivity index (χ2v) is 14.4. The molecule has 0 saturated carbocycles. The van der Waals surface area contributed by atoms with Gasteiger partial charge in [-0.3, -0.25) is 4.79 Å². The molecule has 13 heteroatoms. The lowest BCUT2D eigenvalue weighted by atomic mass is 9.77. The number of nitrogens with zero attached hydrogens (tertiary/aromatic N) is 2. The van der Waals surface area contributed by atoms with E-state index in [1.165, 1.54) is 7.11 Å². The highest BCUT2D eigenvalue weighted by Crippen LogP contribution is 2.43. The van der Waals surface area contributed by atoms with Crippen molar-refractivity contribution in [2.24, 2.45) is 5.92 Å². The molecule has 2 saturated heterocycles. The maximum Gasteiger partial charge on any atom is 0.494 e. The summed E-state index contributed by atoms with van der Waals surface area (Å²) in [5.74, 6) is 1.10. The maximum atomic E-state index is 13.9. The third-order valence-electron chi connectivity index (χ3n) is 10.7. The van der Waals surface area contributed by atoms with E-state index < -0.39 is 42.6 Å². The number of carbonyl (C=O) groups is 2. The Labute approximate surface area is 285 Å². The Balaban J connectivity index is 1.22. The number of benzene rings is 3. The van der Waals surface area contributed by atoms with Crippen LogP contribution >= 0.6 is 0 Å². The summed E-state index contributed by atoms with van der Waals surface area (Å²) >= 11 is 0. The molecule has 0 bridgehead atoms. The minimum absolute atomic E-state index is 0.0537. The number of nitrogens with one attached hydrogen (secondary N) is 2. The molecule has 1 aromatic heterocycles. The van der Waals surface area contributed by atoms with Crippen molar-refractivity contribution in [3.63, 3.8) is 0 Å². The fourth-order valence-electron chi connectivity index (χ4n) is 7.23. The first-order valence-corrected chi connectivity index (χ1v) is 16.7. The molecule has 2 amide bonds. The topological polar surface area (TPSA) is 144 Å². The summed E-state index contributed by atoms with van der Waals surface area (Å²) in [6.45, 7) is 11.2. The molecule has 2 fully saturated rings. The van der Waals surface area contributed by atoms with Gasteiger partial charge in [0.15, 0.2) is 0 Å². The lowest BCUT2D eigenvalue weighted by Crippen LogP contribution is -2.54. The fraction of sp³-hybridized carbons (Fsp3) is 0.472. The standard InChI is InChI=1S/C36H43BN4O8/c1-19(46-7)30(40-34(43)44)33(42)41-16-20(17-45-6)12-28(41)32-38-27-11-8-21-14-26-24-10-9-23(37-48-35(2,3)36(4,5)49-37)13-22(24)18-47-29(26)15-25(21)31(27)39-32/h8-11,13-15,19-20,28,30,40H,12,16-18H2,1-7H3,(H,38,39)(H,43,44). The number of likely N-dealkylation sites (tertiary alicyclic amines) is 1. The molecule has 4 unspecified atom stereocenters. The molecule has 12 nitrogen and oxygen atoms in total. The minimum atomic E-state index is -1.29. The zero-order valence-corrected chi connectivity index (χ0v) is 29.0. The van der Waals surface area contributed by atoms with Gasteiger partial charge >= 0.3 is 13.2 Å². The average Bonchev–Trinajstić information content (AvgIpc) is 3.75. The van der Waals surface area contributed by atoms with E-state index in [9.17, 15) is 14.7 Å². The summed E-state index contributed by atoms with van der Waals surface area (Å²) < 4.78 is 29.8. The molecule has 258 valence electrons. The van der Waals surface area contributed by atoms with Crippen LogP contribution in [0.2, 0.25) is 0 Å². The van der Waals surface area contributed by atoms with Crippen molar-refractivity contribution >= 4 is 46.4 Å². The number of amides is 2. The van der Waals surface area contributed by atoms with E-state index in [4.69, 9.17) is 28.5 Å². The molecule has 49 heavy (non-hydrogen) atoms. The molecule has 0 aliphatic carbocycles. The Kier molecular flexibility index (Phi) is 8.37. The molecule has 4 aromatic rings. The number of carbonyl (C=O) groups excluding carboxylic acids is 1. The summed E-state index contributed by atoms with van der Waals surface area (Å²) in [4.78, 5) is 35.6. The van der Waals surface area contributed by atoms with Gasteiger partial charge in [-0.2, -0.15) is 0 Å². The molecule has 3 aliphatic rings. The quantitative estimate of drug-likeness (QED) is 0.226. The second kappa shape index (κ2) is 12.3. The first kappa shape index (κ1) is 33.3. The van der Waals surface area contributed by atoms with E-state index in [1.807, 2.05) is 12.1 Å². The van der Waals surface area contributed by atoms with Crippen molar-refractivity contribution in [3.8, 4) is 16.9 Å². The molecule has 3 aliphatic heterocycles. The number of H-pyrrole nitrogens is 1. The molecule has 0 spiro atoms. The summed E-state index contributed by atoms with van der Waals surface area (Å²) in [5, 5.41) is 13.8. The lowest BCUT2D eigenvalue weighted by molar-refractivity contribution is -0.137. The van der Waals surface area contributed by atoms with Gasteiger partial charge in [0.25, 0.3) is 0 Å². The Morgan fingerprint density at radius 1 is 1.10 bits per heavy atom. The van der Waals surface area contributed by atoms with E-state index in [-0.39, 0.29) is 11.8 Å². The van der Waals surface area contributed by atoms with Gasteiger partial charge in [-0.1, -0.05) is 24.3 Å². The number of carboxylic acid groups (broad SMARTS) is 1. The largest absolute Gasteiger partial charge is 0.494 e. The van der Waals surface area contributed by atoms with E-state index in [0.29, 0.717) is 32.0 Å². The molecule has 3 N–H and O–H groups in total. The van der Waals surface area contributed by atoms with Crippen LogP contribution in [0.1, 0.15) is 58.5 Å². The number of fused-ring (bicyclic) bond motifs is 6. The van der Waals surface area contributed by atoms with Crippen LogP contribution in [0.4, 0.5) is 4.79 Å². The van der Waals surface area contributed by atoms with Gasteiger partial charge in [0.2, 0.25) is 5.91 Å². The van der Waals surface area contributed by atoms with E-state index in [0.717, 1.165) is 49.7 Å². The number of aromatic nitrogens is 2. The minimum Gasteiger partial charge on any atom is -0.488 e.